The van der Waals surface area contributed by atoms with Crippen LogP contribution in [0.2, 0.25) is 0 Å². The van der Waals surface area contributed by atoms with Crippen LogP contribution in [-0.4, -0.2) is 15.8 Å². The second-order valence-corrected chi connectivity index (χ2v) is 6.31. The smallest absolute Gasteiger partial charge is 0.101 e. The van der Waals surface area contributed by atoms with Crippen LogP contribution < -0.4 is 5.32 Å². The van der Waals surface area contributed by atoms with Crippen LogP contribution in [0.15, 0.2) is 22.7 Å². The molecule has 1 fully saturated rings. The van der Waals surface area contributed by atoms with Gasteiger partial charge in [0.05, 0.1) is 27.1 Å². The molecule has 0 aliphatic heterocycles. The molecule has 0 radical (unpaired) electrons. The van der Waals surface area contributed by atoms with Crippen molar-refractivity contribution in [1.82, 2.24) is 15.1 Å². The first kappa shape index (κ1) is 14.3. The maximum Gasteiger partial charge on any atom is 0.101 e. The lowest BCUT2D eigenvalue weighted by Gasteiger charge is -2.09. The van der Waals surface area contributed by atoms with Gasteiger partial charge in [-0.25, -0.2) is 4.68 Å². The Bertz CT molecular complexity index is 723. The molecule has 1 N–H and O–H groups in total. The van der Waals surface area contributed by atoms with E-state index in [0.717, 1.165) is 33.7 Å². The number of nitrogens with zero attached hydrogens (tertiary/aromatic N) is 3. The average molecular weight is 345 g/mol. The van der Waals surface area contributed by atoms with Crippen LogP contribution in [0.25, 0.3) is 5.69 Å². The molecule has 4 nitrogen and oxygen atoms in total. The number of nitrogens with one attached hydrogen (secondary N) is 1. The highest BCUT2D eigenvalue weighted by atomic mass is 79.9. The molecule has 0 atom stereocenters. The van der Waals surface area contributed by atoms with Gasteiger partial charge < -0.3 is 5.32 Å². The molecule has 1 saturated carbocycles. The molecular weight excluding hydrogens is 328 g/mol. The second-order valence-electron chi connectivity index (χ2n) is 5.52. The Labute approximate surface area is 132 Å². The predicted octanol–water partition coefficient (Wildman–Crippen LogP) is 3.38. The van der Waals surface area contributed by atoms with Gasteiger partial charge >= 0.3 is 0 Å². The van der Waals surface area contributed by atoms with Crippen molar-refractivity contribution in [2.75, 3.05) is 0 Å². The standard InChI is InChI=1S/C16H17BrN4/c1-10-16(17)11(2)21(20-10)15-6-3-12(7-13(15)8-18)9-19-14-4-5-14/h3,6-7,14,19H,4-5,9H2,1-2H3. The molecule has 5 heteroatoms. The molecular formula is C16H17BrN4. The first-order valence-corrected chi connectivity index (χ1v) is 7.88. The van der Waals surface area contributed by atoms with Crippen LogP contribution in [-0.2, 0) is 6.54 Å². The maximum atomic E-state index is 9.44. The normalized spacial score (nSPS) is 14.2. The SMILES string of the molecule is Cc1nn(-c2ccc(CNC3CC3)cc2C#N)c(C)c1Br. The number of aromatic nitrogens is 2. The number of hydrogen-bond acceptors (Lipinski definition) is 3. The first-order chi connectivity index (χ1) is 10.1. The second kappa shape index (κ2) is 5.63. The molecule has 2 aromatic rings. The lowest BCUT2D eigenvalue weighted by Crippen LogP contribution is -2.15. The average Bonchev–Trinajstić information content (AvgIpc) is 3.29. The first-order valence-electron chi connectivity index (χ1n) is 7.08. The van der Waals surface area contributed by atoms with E-state index in [1.807, 2.05) is 30.7 Å². The van der Waals surface area contributed by atoms with E-state index in [0.29, 0.717) is 11.6 Å². The number of benzene rings is 1. The fourth-order valence-corrected chi connectivity index (χ4v) is 2.62. The highest BCUT2D eigenvalue weighted by Crippen LogP contribution is 2.25. The van der Waals surface area contributed by atoms with Gasteiger partial charge in [0.15, 0.2) is 0 Å². The van der Waals surface area contributed by atoms with E-state index >= 15 is 0 Å². The molecule has 0 spiro atoms. The van der Waals surface area contributed by atoms with E-state index in [2.05, 4.69) is 38.5 Å². The fraction of sp³-hybridized carbons (Fsp3) is 0.375. The molecule has 0 bridgehead atoms. The number of nitriles is 1. The van der Waals surface area contributed by atoms with E-state index < -0.39 is 0 Å². The molecule has 0 amide bonds. The van der Waals surface area contributed by atoms with Crippen LogP contribution >= 0.6 is 15.9 Å². The Morgan fingerprint density at radius 3 is 2.76 bits per heavy atom. The summed E-state index contributed by atoms with van der Waals surface area (Å²) in [5.74, 6) is 0. The third-order valence-electron chi connectivity index (χ3n) is 3.78. The summed E-state index contributed by atoms with van der Waals surface area (Å²) in [5, 5.41) is 17.4. The zero-order chi connectivity index (χ0) is 15.0. The van der Waals surface area contributed by atoms with Crippen LogP contribution in [0.4, 0.5) is 0 Å². The quantitative estimate of drug-likeness (QED) is 0.924. The molecule has 0 saturated heterocycles. The number of aryl methyl sites for hydroxylation is 1. The Hall–Kier alpha value is -1.64. The van der Waals surface area contributed by atoms with Crippen LogP contribution in [0.1, 0.15) is 35.4 Å². The van der Waals surface area contributed by atoms with Gasteiger partial charge in [0.1, 0.15) is 6.07 Å². The molecule has 1 aromatic carbocycles. The third kappa shape index (κ3) is 2.87. The summed E-state index contributed by atoms with van der Waals surface area (Å²) in [5.41, 5.74) is 4.56. The van der Waals surface area contributed by atoms with E-state index in [1.54, 1.807) is 0 Å². The van der Waals surface area contributed by atoms with Crippen molar-refractivity contribution in [2.45, 2.75) is 39.3 Å². The Balaban J connectivity index is 1.94. The summed E-state index contributed by atoms with van der Waals surface area (Å²) in [4.78, 5) is 0. The zero-order valence-corrected chi connectivity index (χ0v) is 13.7. The van der Waals surface area contributed by atoms with Crippen molar-refractivity contribution < 1.29 is 0 Å². The summed E-state index contributed by atoms with van der Waals surface area (Å²) >= 11 is 3.53. The monoisotopic (exact) mass is 344 g/mol. The summed E-state index contributed by atoms with van der Waals surface area (Å²) < 4.78 is 2.82. The molecule has 21 heavy (non-hydrogen) atoms. The van der Waals surface area contributed by atoms with Gasteiger partial charge in [-0.2, -0.15) is 10.4 Å². The van der Waals surface area contributed by atoms with Crippen molar-refractivity contribution in [3.8, 4) is 11.8 Å². The largest absolute Gasteiger partial charge is 0.310 e. The molecule has 1 aliphatic rings. The van der Waals surface area contributed by atoms with E-state index in [-0.39, 0.29) is 0 Å². The summed E-state index contributed by atoms with van der Waals surface area (Å²) in [6, 6.07) is 8.96. The Morgan fingerprint density at radius 1 is 1.43 bits per heavy atom. The molecule has 1 aromatic heterocycles. The lowest BCUT2D eigenvalue weighted by molar-refractivity contribution is 0.687. The highest BCUT2D eigenvalue weighted by molar-refractivity contribution is 9.10. The minimum absolute atomic E-state index is 0.656. The van der Waals surface area contributed by atoms with Gasteiger partial charge in [-0.05, 0) is 60.3 Å². The fourth-order valence-electron chi connectivity index (χ4n) is 2.38. The van der Waals surface area contributed by atoms with Gasteiger partial charge in [-0.15, -0.1) is 0 Å². The van der Waals surface area contributed by atoms with E-state index in [1.165, 1.54) is 12.8 Å². The maximum absolute atomic E-state index is 9.44. The van der Waals surface area contributed by atoms with Crippen LogP contribution in [0.5, 0.6) is 0 Å². The molecule has 108 valence electrons. The summed E-state index contributed by atoms with van der Waals surface area (Å²) in [7, 11) is 0. The predicted molar refractivity (Wildman–Crippen MR) is 85.3 cm³/mol. The van der Waals surface area contributed by atoms with Crippen molar-refractivity contribution in [3.05, 3.63) is 45.2 Å². The molecule has 3 rings (SSSR count). The van der Waals surface area contributed by atoms with Gasteiger partial charge in [0.2, 0.25) is 0 Å². The van der Waals surface area contributed by atoms with Crippen molar-refractivity contribution >= 4 is 15.9 Å². The summed E-state index contributed by atoms with van der Waals surface area (Å²) in [6.45, 7) is 4.77. The number of rotatable bonds is 4. The summed E-state index contributed by atoms with van der Waals surface area (Å²) in [6.07, 6.45) is 2.53. The zero-order valence-electron chi connectivity index (χ0n) is 12.2. The number of hydrogen-bond donors (Lipinski definition) is 1. The lowest BCUT2D eigenvalue weighted by atomic mass is 10.1. The van der Waals surface area contributed by atoms with Crippen LogP contribution in [0.3, 0.4) is 0 Å². The minimum Gasteiger partial charge on any atom is -0.310 e. The van der Waals surface area contributed by atoms with Gasteiger partial charge in [0.25, 0.3) is 0 Å². The number of halogens is 1. The van der Waals surface area contributed by atoms with E-state index in [9.17, 15) is 5.26 Å². The van der Waals surface area contributed by atoms with E-state index in [4.69, 9.17) is 0 Å². The van der Waals surface area contributed by atoms with Gasteiger partial charge in [0, 0.05) is 12.6 Å². The van der Waals surface area contributed by atoms with Crippen LogP contribution in [0, 0.1) is 25.2 Å². The van der Waals surface area contributed by atoms with Gasteiger partial charge in [-0.3, -0.25) is 0 Å². The van der Waals surface area contributed by atoms with Crippen molar-refractivity contribution in [3.63, 3.8) is 0 Å². The Kier molecular flexibility index (Phi) is 3.83. The molecule has 1 heterocycles. The van der Waals surface area contributed by atoms with Gasteiger partial charge in [-0.1, -0.05) is 6.07 Å². The third-order valence-corrected chi connectivity index (χ3v) is 4.93. The minimum atomic E-state index is 0.656. The molecule has 1 aliphatic carbocycles. The van der Waals surface area contributed by atoms with Crippen molar-refractivity contribution in [2.24, 2.45) is 0 Å². The topological polar surface area (TPSA) is 53.6 Å². The highest BCUT2D eigenvalue weighted by Gasteiger charge is 2.20. The Morgan fingerprint density at radius 2 is 2.19 bits per heavy atom. The van der Waals surface area contributed by atoms with Crippen molar-refractivity contribution in [1.29, 1.82) is 5.26 Å². The molecule has 0 unspecified atom stereocenters.